The highest BCUT2D eigenvalue weighted by Crippen LogP contribution is 2.27. The second kappa shape index (κ2) is 5.08. The van der Waals surface area contributed by atoms with Gasteiger partial charge in [0.25, 0.3) is 0 Å². The fraction of sp³-hybridized carbons (Fsp3) is 0.154. The monoisotopic (exact) mass is 225 g/mol. The third kappa shape index (κ3) is 2.40. The summed E-state index contributed by atoms with van der Waals surface area (Å²) in [5, 5.41) is 8.63. The van der Waals surface area contributed by atoms with Gasteiger partial charge in [0.15, 0.2) is 0 Å². The van der Waals surface area contributed by atoms with Gasteiger partial charge in [-0.1, -0.05) is 6.07 Å². The molecule has 0 bridgehead atoms. The summed E-state index contributed by atoms with van der Waals surface area (Å²) >= 11 is 0. The molecular formula is C13H11N3O. The maximum absolute atomic E-state index is 8.63. The van der Waals surface area contributed by atoms with Gasteiger partial charge in [0, 0.05) is 23.5 Å². The lowest BCUT2D eigenvalue weighted by molar-refractivity contribution is 0.398. The first kappa shape index (κ1) is 11.1. The lowest BCUT2D eigenvalue weighted by atomic mass is 10.1. The maximum Gasteiger partial charge on any atom is 0.221 e. The van der Waals surface area contributed by atoms with E-state index in [2.05, 4.69) is 16.0 Å². The van der Waals surface area contributed by atoms with E-state index in [1.807, 2.05) is 24.3 Å². The van der Waals surface area contributed by atoms with Gasteiger partial charge in [0.1, 0.15) is 0 Å². The Kier molecular flexibility index (Phi) is 3.31. The highest BCUT2D eigenvalue weighted by atomic mass is 16.5. The van der Waals surface area contributed by atoms with Crippen molar-refractivity contribution in [3.63, 3.8) is 0 Å². The minimum atomic E-state index is 0.281. The molecule has 0 atom stereocenters. The topological polar surface area (TPSA) is 58.8 Å². The minimum absolute atomic E-state index is 0.281. The van der Waals surface area contributed by atoms with Crippen molar-refractivity contribution < 1.29 is 4.74 Å². The molecule has 0 saturated heterocycles. The molecule has 0 aromatic carbocycles. The van der Waals surface area contributed by atoms with Crippen LogP contribution in [0.1, 0.15) is 5.69 Å². The van der Waals surface area contributed by atoms with Crippen LogP contribution in [0.5, 0.6) is 5.88 Å². The first-order valence-electron chi connectivity index (χ1n) is 5.16. The van der Waals surface area contributed by atoms with Gasteiger partial charge in [0.2, 0.25) is 5.88 Å². The van der Waals surface area contributed by atoms with Crippen molar-refractivity contribution in [3.05, 3.63) is 42.4 Å². The molecule has 17 heavy (non-hydrogen) atoms. The Hall–Kier alpha value is -2.41. The van der Waals surface area contributed by atoms with E-state index in [4.69, 9.17) is 10.00 Å². The van der Waals surface area contributed by atoms with E-state index in [-0.39, 0.29) is 6.42 Å². The van der Waals surface area contributed by atoms with Crippen LogP contribution in [0.15, 0.2) is 36.7 Å². The van der Waals surface area contributed by atoms with Gasteiger partial charge in [0.05, 0.1) is 25.3 Å². The highest BCUT2D eigenvalue weighted by Gasteiger charge is 2.08. The standard InChI is InChI=1S/C13H11N3O/c1-17-13-12(10-3-2-8-15-9-10)5-4-11(16-13)6-7-14/h2-5,8-9H,6H2,1H3. The number of hydrogen-bond acceptors (Lipinski definition) is 4. The number of aromatic nitrogens is 2. The van der Waals surface area contributed by atoms with Crippen molar-refractivity contribution in [2.45, 2.75) is 6.42 Å². The molecule has 0 aliphatic heterocycles. The van der Waals surface area contributed by atoms with Gasteiger partial charge in [-0.2, -0.15) is 5.26 Å². The van der Waals surface area contributed by atoms with Crippen LogP contribution in [-0.4, -0.2) is 17.1 Å². The second-order valence-electron chi connectivity index (χ2n) is 3.44. The Bertz CT molecular complexity index is 546. The van der Waals surface area contributed by atoms with Crippen molar-refractivity contribution >= 4 is 0 Å². The molecule has 0 spiro atoms. The Labute approximate surface area is 99.5 Å². The van der Waals surface area contributed by atoms with Crippen molar-refractivity contribution in [2.75, 3.05) is 7.11 Å². The summed E-state index contributed by atoms with van der Waals surface area (Å²) in [6, 6.07) is 9.59. The summed E-state index contributed by atoms with van der Waals surface area (Å²) in [6.45, 7) is 0. The molecule has 0 radical (unpaired) electrons. The van der Waals surface area contributed by atoms with Gasteiger partial charge in [-0.05, 0) is 18.2 Å². The first-order chi connectivity index (χ1) is 8.35. The molecule has 0 aliphatic carbocycles. The number of rotatable bonds is 3. The summed E-state index contributed by atoms with van der Waals surface area (Å²) in [5.41, 5.74) is 2.53. The predicted octanol–water partition coefficient (Wildman–Crippen LogP) is 2.22. The van der Waals surface area contributed by atoms with Crippen molar-refractivity contribution in [1.29, 1.82) is 5.26 Å². The molecule has 2 heterocycles. The fourth-order valence-corrected chi connectivity index (χ4v) is 1.56. The molecule has 0 amide bonds. The number of nitrogens with zero attached hydrogens (tertiary/aromatic N) is 3. The first-order valence-corrected chi connectivity index (χ1v) is 5.16. The van der Waals surface area contributed by atoms with Gasteiger partial charge in [-0.3, -0.25) is 4.98 Å². The molecular weight excluding hydrogens is 214 g/mol. The molecule has 0 aliphatic rings. The van der Waals surface area contributed by atoms with Crippen LogP contribution in [0, 0.1) is 11.3 Å². The number of pyridine rings is 2. The van der Waals surface area contributed by atoms with Crippen LogP contribution in [0.4, 0.5) is 0 Å². The summed E-state index contributed by atoms with van der Waals surface area (Å²) in [6.07, 6.45) is 3.75. The lowest BCUT2D eigenvalue weighted by Gasteiger charge is -2.08. The second-order valence-corrected chi connectivity index (χ2v) is 3.44. The van der Waals surface area contributed by atoms with E-state index in [9.17, 15) is 0 Å². The molecule has 2 aromatic rings. The predicted molar refractivity (Wildman–Crippen MR) is 63.3 cm³/mol. The Morgan fingerprint density at radius 3 is 2.88 bits per heavy atom. The fourth-order valence-electron chi connectivity index (χ4n) is 1.56. The molecule has 4 nitrogen and oxygen atoms in total. The number of methoxy groups -OCH3 is 1. The molecule has 0 unspecified atom stereocenters. The Morgan fingerprint density at radius 1 is 1.35 bits per heavy atom. The molecule has 0 fully saturated rings. The quantitative estimate of drug-likeness (QED) is 0.803. The molecule has 84 valence electrons. The largest absolute Gasteiger partial charge is 0.481 e. The molecule has 2 rings (SSSR count). The van der Waals surface area contributed by atoms with Gasteiger partial charge in [-0.25, -0.2) is 4.98 Å². The van der Waals surface area contributed by atoms with E-state index in [1.165, 1.54) is 0 Å². The summed E-state index contributed by atoms with van der Waals surface area (Å²) in [5.74, 6) is 0.519. The Morgan fingerprint density at radius 2 is 2.24 bits per heavy atom. The zero-order valence-corrected chi connectivity index (χ0v) is 9.42. The summed E-state index contributed by atoms with van der Waals surface area (Å²) in [4.78, 5) is 8.34. The van der Waals surface area contributed by atoms with E-state index in [1.54, 1.807) is 19.5 Å². The smallest absolute Gasteiger partial charge is 0.221 e. The number of ether oxygens (including phenoxy) is 1. The van der Waals surface area contributed by atoms with Gasteiger partial charge >= 0.3 is 0 Å². The van der Waals surface area contributed by atoms with Crippen molar-refractivity contribution in [2.24, 2.45) is 0 Å². The average molecular weight is 225 g/mol. The van der Waals surface area contributed by atoms with E-state index in [0.717, 1.165) is 11.1 Å². The highest BCUT2D eigenvalue weighted by molar-refractivity contribution is 5.67. The van der Waals surface area contributed by atoms with Gasteiger partial charge in [-0.15, -0.1) is 0 Å². The normalized spacial score (nSPS) is 9.65. The van der Waals surface area contributed by atoms with Crippen LogP contribution in [0.25, 0.3) is 11.1 Å². The minimum Gasteiger partial charge on any atom is -0.481 e. The molecule has 2 aromatic heterocycles. The van der Waals surface area contributed by atoms with E-state index < -0.39 is 0 Å². The summed E-state index contributed by atoms with van der Waals surface area (Å²) < 4.78 is 5.24. The third-order valence-corrected chi connectivity index (χ3v) is 2.34. The molecule has 0 N–H and O–H groups in total. The molecule has 4 heteroatoms. The van der Waals surface area contributed by atoms with Crippen LogP contribution in [-0.2, 0) is 6.42 Å². The van der Waals surface area contributed by atoms with Crippen LogP contribution < -0.4 is 4.74 Å². The maximum atomic E-state index is 8.63. The lowest BCUT2D eigenvalue weighted by Crippen LogP contribution is -1.96. The number of hydrogen-bond donors (Lipinski definition) is 0. The van der Waals surface area contributed by atoms with Crippen LogP contribution >= 0.6 is 0 Å². The van der Waals surface area contributed by atoms with E-state index >= 15 is 0 Å². The zero-order valence-electron chi connectivity index (χ0n) is 9.42. The van der Waals surface area contributed by atoms with Crippen LogP contribution in [0.3, 0.4) is 0 Å². The van der Waals surface area contributed by atoms with Crippen molar-refractivity contribution in [1.82, 2.24) is 9.97 Å². The number of nitriles is 1. The SMILES string of the molecule is COc1nc(CC#N)ccc1-c1cccnc1. The van der Waals surface area contributed by atoms with Crippen molar-refractivity contribution in [3.8, 4) is 23.1 Å². The van der Waals surface area contributed by atoms with E-state index in [0.29, 0.717) is 11.6 Å². The average Bonchev–Trinajstić information content (AvgIpc) is 2.40. The summed E-state index contributed by atoms with van der Waals surface area (Å²) in [7, 11) is 1.57. The van der Waals surface area contributed by atoms with Gasteiger partial charge < -0.3 is 4.74 Å². The zero-order chi connectivity index (χ0) is 12.1. The van der Waals surface area contributed by atoms with Crippen LogP contribution in [0.2, 0.25) is 0 Å². The Balaban J connectivity index is 2.45. The third-order valence-electron chi connectivity index (χ3n) is 2.34. The molecule has 0 saturated carbocycles.